The lowest BCUT2D eigenvalue weighted by molar-refractivity contribution is -0.117. The predicted molar refractivity (Wildman–Crippen MR) is 79.3 cm³/mol. The second-order valence-corrected chi connectivity index (χ2v) is 5.10. The zero-order valence-corrected chi connectivity index (χ0v) is 11.4. The summed E-state index contributed by atoms with van der Waals surface area (Å²) in [5.41, 5.74) is 1.93. The van der Waals surface area contributed by atoms with Gasteiger partial charge in [-0.05, 0) is 24.3 Å². The average molecular weight is 281 g/mol. The first kappa shape index (κ1) is 13.5. The van der Waals surface area contributed by atoms with E-state index < -0.39 is 6.10 Å². The smallest absolute Gasteiger partial charge is 0.229 e. The normalized spacial score (nSPS) is 18.0. The van der Waals surface area contributed by atoms with E-state index in [2.05, 4.69) is 0 Å². The van der Waals surface area contributed by atoms with E-state index in [9.17, 15) is 14.7 Å². The van der Waals surface area contributed by atoms with Gasteiger partial charge in [-0.3, -0.25) is 9.59 Å². The average Bonchev–Trinajstić information content (AvgIpc) is 2.86. The highest BCUT2D eigenvalue weighted by atomic mass is 16.3. The van der Waals surface area contributed by atoms with E-state index in [4.69, 9.17) is 0 Å². The van der Waals surface area contributed by atoms with E-state index in [-0.39, 0.29) is 18.1 Å². The fourth-order valence-corrected chi connectivity index (χ4v) is 2.49. The van der Waals surface area contributed by atoms with Crippen LogP contribution in [0.15, 0.2) is 54.6 Å². The quantitative estimate of drug-likeness (QED) is 0.876. The van der Waals surface area contributed by atoms with Crippen molar-refractivity contribution < 1.29 is 14.7 Å². The van der Waals surface area contributed by atoms with Gasteiger partial charge in [0.15, 0.2) is 5.78 Å². The highest BCUT2D eigenvalue weighted by molar-refractivity contribution is 6.09. The maximum atomic E-state index is 12.3. The molecule has 1 amide bonds. The first-order valence-corrected chi connectivity index (χ1v) is 6.83. The van der Waals surface area contributed by atoms with Crippen molar-refractivity contribution >= 4 is 17.4 Å². The molecule has 1 aliphatic rings. The lowest BCUT2D eigenvalue weighted by atomic mass is 10.0. The summed E-state index contributed by atoms with van der Waals surface area (Å²) in [6, 6.07) is 16.0. The second kappa shape index (κ2) is 5.50. The van der Waals surface area contributed by atoms with Gasteiger partial charge < -0.3 is 10.0 Å². The first-order chi connectivity index (χ1) is 10.1. The van der Waals surface area contributed by atoms with Crippen LogP contribution in [0.25, 0.3) is 0 Å². The third-order valence-electron chi connectivity index (χ3n) is 3.58. The molecule has 0 aromatic heterocycles. The van der Waals surface area contributed by atoms with Gasteiger partial charge in [-0.25, -0.2) is 0 Å². The van der Waals surface area contributed by atoms with Gasteiger partial charge in [-0.15, -0.1) is 0 Å². The van der Waals surface area contributed by atoms with Crippen molar-refractivity contribution in [1.29, 1.82) is 0 Å². The van der Waals surface area contributed by atoms with Gasteiger partial charge >= 0.3 is 0 Å². The molecule has 0 aliphatic carbocycles. The third-order valence-corrected chi connectivity index (χ3v) is 3.58. The Bertz CT molecular complexity index is 664. The van der Waals surface area contributed by atoms with E-state index in [1.807, 2.05) is 18.2 Å². The molecule has 1 heterocycles. The van der Waals surface area contributed by atoms with Gasteiger partial charge in [0.2, 0.25) is 5.91 Å². The Morgan fingerprint density at radius 2 is 1.62 bits per heavy atom. The van der Waals surface area contributed by atoms with E-state index in [1.165, 1.54) is 0 Å². The molecule has 1 atom stereocenters. The molecule has 21 heavy (non-hydrogen) atoms. The van der Waals surface area contributed by atoms with E-state index in [0.29, 0.717) is 23.4 Å². The molecular formula is C17H15NO3. The van der Waals surface area contributed by atoms with Crippen molar-refractivity contribution in [3.05, 3.63) is 65.7 Å². The second-order valence-electron chi connectivity index (χ2n) is 5.10. The Labute approximate surface area is 122 Å². The number of hydrogen-bond acceptors (Lipinski definition) is 3. The van der Waals surface area contributed by atoms with Crippen LogP contribution in [0.3, 0.4) is 0 Å². The van der Waals surface area contributed by atoms with Gasteiger partial charge in [0.25, 0.3) is 0 Å². The molecule has 1 aliphatic heterocycles. The summed E-state index contributed by atoms with van der Waals surface area (Å²) in [4.78, 5) is 25.5. The van der Waals surface area contributed by atoms with Crippen molar-refractivity contribution in [2.45, 2.75) is 12.5 Å². The van der Waals surface area contributed by atoms with Crippen LogP contribution in [0.2, 0.25) is 0 Å². The molecular weight excluding hydrogens is 266 g/mol. The number of anilines is 1. The van der Waals surface area contributed by atoms with Crippen molar-refractivity contribution in [1.82, 2.24) is 0 Å². The van der Waals surface area contributed by atoms with Crippen molar-refractivity contribution in [3.63, 3.8) is 0 Å². The molecule has 0 spiro atoms. The first-order valence-electron chi connectivity index (χ1n) is 6.83. The van der Waals surface area contributed by atoms with Crippen LogP contribution >= 0.6 is 0 Å². The summed E-state index contributed by atoms with van der Waals surface area (Å²) in [7, 11) is 0. The molecule has 1 N–H and O–H groups in total. The minimum Gasteiger partial charge on any atom is -0.391 e. The van der Waals surface area contributed by atoms with Gasteiger partial charge in [0, 0.05) is 16.8 Å². The van der Waals surface area contributed by atoms with Crippen molar-refractivity contribution in [2.75, 3.05) is 11.4 Å². The Kier molecular flexibility index (Phi) is 3.54. The van der Waals surface area contributed by atoms with E-state index in [0.717, 1.165) is 0 Å². The zero-order valence-electron chi connectivity index (χ0n) is 11.4. The molecule has 106 valence electrons. The Hall–Kier alpha value is -2.46. The van der Waals surface area contributed by atoms with Crippen LogP contribution in [0.5, 0.6) is 0 Å². The molecule has 1 fully saturated rings. The molecule has 2 aromatic rings. The van der Waals surface area contributed by atoms with Crippen LogP contribution in [-0.4, -0.2) is 29.4 Å². The zero-order chi connectivity index (χ0) is 14.8. The van der Waals surface area contributed by atoms with E-state index in [1.54, 1.807) is 41.3 Å². The number of nitrogens with zero attached hydrogens (tertiary/aromatic N) is 1. The molecule has 4 nitrogen and oxygen atoms in total. The lowest BCUT2D eigenvalue weighted by Crippen LogP contribution is -2.25. The monoisotopic (exact) mass is 281 g/mol. The minimum atomic E-state index is -0.608. The summed E-state index contributed by atoms with van der Waals surface area (Å²) >= 11 is 0. The molecule has 1 saturated heterocycles. The minimum absolute atomic E-state index is 0.0464. The number of aliphatic hydroxyl groups is 1. The Morgan fingerprint density at radius 3 is 2.19 bits per heavy atom. The number of β-amino-alcohol motifs (C(OH)–C–C–N with tert-alkyl or cyclic N) is 1. The molecule has 0 bridgehead atoms. The summed E-state index contributed by atoms with van der Waals surface area (Å²) in [5, 5.41) is 9.51. The fraction of sp³-hybridized carbons (Fsp3) is 0.176. The number of carbonyl (C=O) groups excluding carboxylic acids is 2. The molecule has 2 aromatic carbocycles. The number of benzene rings is 2. The van der Waals surface area contributed by atoms with Gasteiger partial charge in [-0.2, -0.15) is 0 Å². The molecule has 3 rings (SSSR count). The van der Waals surface area contributed by atoms with Crippen LogP contribution < -0.4 is 4.90 Å². The molecule has 0 saturated carbocycles. The van der Waals surface area contributed by atoms with Crippen LogP contribution in [0.1, 0.15) is 22.3 Å². The fourth-order valence-electron chi connectivity index (χ4n) is 2.49. The topological polar surface area (TPSA) is 57.6 Å². The summed E-state index contributed by atoms with van der Waals surface area (Å²) in [6.45, 7) is 0.310. The van der Waals surface area contributed by atoms with E-state index >= 15 is 0 Å². The number of rotatable bonds is 3. The lowest BCUT2D eigenvalue weighted by Gasteiger charge is -2.16. The summed E-state index contributed by atoms with van der Waals surface area (Å²) in [5.74, 6) is -0.139. The number of carbonyl (C=O) groups is 2. The number of hydrogen-bond donors (Lipinski definition) is 1. The van der Waals surface area contributed by atoms with Gasteiger partial charge in [0.05, 0.1) is 19.1 Å². The van der Waals surface area contributed by atoms with Crippen LogP contribution in [0.4, 0.5) is 5.69 Å². The summed E-state index contributed by atoms with van der Waals surface area (Å²) < 4.78 is 0. The van der Waals surface area contributed by atoms with Crippen LogP contribution in [0, 0.1) is 0 Å². The predicted octanol–water partition coefficient (Wildman–Crippen LogP) is 2.02. The highest BCUT2D eigenvalue weighted by Crippen LogP contribution is 2.22. The Morgan fingerprint density at radius 1 is 1.00 bits per heavy atom. The molecule has 0 radical (unpaired) electrons. The Balaban J connectivity index is 1.82. The third kappa shape index (κ3) is 2.71. The largest absolute Gasteiger partial charge is 0.391 e. The summed E-state index contributed by atoms with van der Waals surface area (Å²) in [6.07, 6.45) is -0.451. The molecule has 4 heteroatoms. The van der Waals surface area contributed by atoms with Crippen LogP contribution in [-0.2, 0) is 4.79 Å². The maximum absolute atomic E-state index is 12.3. The van der Waals surface area contributed by atoms with Gasteiger partial charge in [0.1, 0.15) is 0 Å². The molecule has 1 unspecified atom stereocenters. The number of aliphatic hydroxyl groups excluding tert-OH is 1. The SMILES string of the molecule is O=C(c1ccccc1)c1ccc(N2CC(O)CC2=O)cc1. The number of amides is 1. The number of ketones is 1. The maximum Gasteiger partial charge on any atom is 0.229 e. The van der Waals surface area contributed by atoms with Gasteiger partial charge in [-0.1, -0.05) is 30.3 Å². The highest BCUT2D eigenvalue weighted by Gasteiger charge is 2.28. The standard InChI is InChI=1S/C17H15NO3/c19-15-10-16(20)18(11-15)14-8-6-13(7-9-14)17(21)12-4-2-1-3-5-12/h1-9,15,19H,10-11H2. The van der Waals surface area contributed by atoms with Crippen molar-refractivity contribution in [2.24, 2.45) is 0 Å². The van der Waals surface area contributed by atoms with Crippen molar-refractivity contribution in [3.8, 4) is 0 Å².